The van der Waals surface area contributed by atoms with E-state index in [4.69, 9.17) is 0 Å². The summed E-state index contributed by atoms with van der Waals surface area (Å²) in [5, 5.41) is 28.9. The number of phenols is 1. The van der Waals surface area contributed by atoms with Crippen molar-refractivity contribution in [1.82, 2.24) is 20.1 Å². The maximum Gasteiger partial charge on any atom is 0.139 e. The van der Waals surface area contributed by atoms with Crippen LogP contribution in [0.5, 0.6) is 5.75 Å². The lowest BCUT2D eigenvalue weighted by Gasteiger charge is -2.59. The number of piperidine rings is 1. The van der Waals surface area contributed by atoms with E-state index < -0.39 is 5.60 Å². The Morgan fingerprint density at radius 1 is 0.952 bits per heavy atom. The van der Waals surface area contributed by atoms with Crippen molar-refractivity contribution in [1.29, 1.82) is 0 Å². The first-order valence-corrected chi connectivity index (χ1v) is 16.9. The van der Waals surface area contributed by atoms with Crippen LogP contribution in [0, 0.1) is 11.3 Å². The summed E-state index contributed by atoms with van der Waals surface area (Å²) in [6, 6.07) is 6.47. The lowest BCUT2D eigenvalue weighted by Crippen LogP contribution is -2.66. The molecular formula is C36H48N4O2. The van der Waals surface area contributed by atoms with Crippen LogP contribution in [-0.4, -0.2) is 75.4 Å². The zero-order valence-corrected chi connectivity index (χ0v) is 25.0. The van der Waals surface area contributed by atoms with Crippen LogP contribution < -0.4 is 5.32 Å². The highest BCUT2D eigenvalue weighted by Crippen LogP contribution is 2.61. The monoisotopic (exact) mass is 568 g/mol. The molecule has 2 saturated heterocycles. The Morgan fingerprint density at radius 3 is 2.74 bits per heavy atom. The third kappa shape index (κ3) is 4.28. The molecule has 1 aromatic heterocycles. The van der Waals surface area contributed by atoms with Gasteiger partial charge in [0.25, 0.3) is 0 Å². The molecule has 6 nitrogen and oxygen atoms in total. The molecule has 5 aliphatic heterocycles. The minimum Gasteiger partial charge on any atom is -0.506 e. The maximum absolute atomic E-state index is 13.1. The molecule has 0 amide bonds. The highest BCUT2D eigenvalue weighted by atomic mass is 16.3. The average Bonchev–Trinajstić information content (AvgIpc) is 3.50. The average molecular weight is 569 g/mol. The van der Waals surface area contributed by atoms with Crippen molar-refractivity contribution in [2.75, 3.05) is 32.7 Å². The Labute approximate surface area is 250 Å². The highest BCUT2D eigenvalue weighted by Gasteiger charge is 2.66. The predicted molar refractivity (Wildman–Crippen MR) is 169 cm³/mol. The molecule has 1 aromatic carbocycles. The molecule has 7 unspecified atom stereocenters. The number of aromatic nitrogens is 1. The van der Waals surface area contributed by atoms with E-state index in [1.165, 1.54) is 55.5 Å². The number of nitrogens with zero attached hydrogens (tertiary/aromatic N) is 2. The molecular weight excluding hydrogens is 520 g/mol. The van der Waals surface area contributed by atoms with E-state index in [2.05, 4.69) is 56.5 Å². The number of aliphatic hydroxyl groups is 1. The molecule has 224 valence electrons. The summed E-state index contributed by atoms with van der Waals surface area (Å²) in [6.45, 7) is 5.38. The number of para-hydroxylation sites is 1. The second kappa shape index (κ2) is 10.7. The lowest BCUT2D eigenvalue weighted by molar-refractivity contribution is -0.0984. The summed E-state index contributed by atoms with van der Waals surface area (Å²) in [5.41, 5.74) is 3.91. The van der Waals surface area contributed by atoms with E-state index in [9.17, 15) is 10.2 Å². The van der Waals surface area contributed by atoms with Gasteiger partial charge in [-0.2, -0.15) is 0 Å². The van der Waals surface area contributed by atoms with E-state index >= 15 is 0 Å². The van der Waals surface area contributed by atoms with Gasteiger partial charge in [0.1, 0.15) is 5.75 Å². The maximum atomic E-state index is 13.1. The molecule has 0 radical (unpaired) electrons. The van der Waals surface area contributed by atoms with Gasteiger partial charge in [-0.15, -0.1) is 0 Å². The molecule has 4 N–H and O–H groups in total. The number of rotatable bonds is 1. The third-order valence-corrected chi connectivity index (χ3v) is 11.8. The van der Waals surface area contributed by atoms with Gasteiger partial charge in [-0.25, -0.2) is 0 Å². The number of hydrogen-bond acceptors (Lipinski definition) is 5. The van der Waals surface area contributed by atoms with Crippen molar-refractivity contribution in [2.45, 2.75) is 94.4 Å². The molecule has 2 aromatic rings. The Balaban J connectivity index is 1.30. The fourth-order valence-electron chi connectivity index (χ4n) is 10.2. The highest BCUT2D eigenvalue weighted by molar-refractivity contribution is 5.90. The number of benzene rings is 1. The summed E-state index contributed by atoms with van der Waals surface area (Å²) in [7, 11) is 0. The quantitative estimate of drug-likeness (QED) is 0.330. The molecule has 6 aliphatic rings. The normalized spacial score (nSPS) is 38.8. The van der Waals surface area contributed by atoms with E-state index in [-0.39, 0.29) is 17.5 Å². The van der Waals surface area contributed by atoms with E-state index in [0.717, 1.165) is 75.6 Å². The molecule has 6 heteroatoms. The molecule has 7 atom stereocenters. The molecule has 2 fully saturated rings. The van der Waals surface area contributed by atoms with Crippen molar-refractivity contribution in [3.05, 3.63) is 65.4 Å². The molecule has 0 saturated carbocycles. The van der Waals surface area contributed by atoms with Crippen molar-refractivity contribution in [3.8, 4) is 5.75 Å². The summed E-state index contributed by atoms with van der Waals surface area (Å²) >= 11 is 0. The zero-order valence-electron chi connectivity index (χ0n) is 25.0. The minimum atomic E-state index is -0.886. The van der Waals surface area contributed by atoms with Gasteiger partial charge in [-0.1, -0.05) is 42.5 Å². The Bertz CT molecular complexity index is 1420. The first kappa shape index (κ1) is 27.2. The van der Waals surface area contributed by atoms with Crippen molar-refractivity contribution >= 4 is 10.9 Å². The van der Waals surface area contributed by atoms with Crippen molar-refractivity contribution in [3.63, 3.8) is 0 Å². The van der Waals surface area contributed by atoms with E-state index in [1.807, 2.05) is 6.07 Å². The van der Waals surface area contributed by atoms with Crippen LogP contribution >= 0.6 is 0 Å². The van der Waals surface area contributed by atoms with Crippen molar-refractivity contribution < 1.29 is 10.2 Å². The smallest absolute Gasteiger partial charge is 0.139 e. The van der Waals surface area contributed by atoms with E-state index in [0.29, 0.717) is 17.7 Å². The number of nitrogens with one attached hydrogen (secondary N) is 2. The molecule has 1 spiro atoms. The number of aromatic hydroxyl groups is 1. The van der Waals surface area contributed by atoms with Gasteiger partial charge in [0, 0.05) is 35.6 Å². The predicted octanol–water partition coefficient (Wildman–Crippen LogP) is 5.74. The van der Waals surface area contributed by atoms with Gasteiger partial charge < -0.3 is 25.4 Å². The Morgan fingerprint density at radius 2 is 1.81 bits per heavy atom. The third-order valence-electron chi connectivity index (χ3n) is 11.8. The van der Waals surface area contributed by atoms with Crippen LogP contribution in [0.3, 0.4) is 0 Å². The van der Waals surface area contributed by atoms with Gasteiger partial charge in [-0.3, -0.25) is 4.90 Å². The number of H-pyrrole nitrogens is 1. The number of fused-ring (bicyclic) bond motifs is 5. The van der Waals surface area contributed by atoms with Crippen molar-refractivity contribution in [2.24, 2.45) is 11.3 Å². The Hall–Kier alpha value is -2.38. The standard InChI is InChI=1S/C36H48N4O2/c41-30-14-11-13-26-27-15-18-37-32(33(27)38-31(26)30)28-23-36(42)17-8-4-1-2-5-9-19-39-21-16-29(28)35(24-39)22-25-12-7-3-6-10-20-40(25)34(35)36/h1,4,7,11-14,23,25,29,32,34,37-38,41-42H,2-3,5-6,8-10,15-22,24H2. The van der Waals surface area contributed by atoms with Crippen LogP contribution in [0.25, 0.3) is 10.9 Å². The second-order valence-corrected chi connectivity index (χ2v) is 14.2. The number of allylic oxidation sites excluding steroid dienone is 3. The van der Waals surface area contributed by atoms with E-state index in [1.54, 1.807) is 6.07 Å². The summed E-state index contributed by atoms with van der Waals surface area (Å²) in [4.78, 5) is 9.21. The van der Waals surface area contributed by atoms with Crippen LogP contribution in [0.15, 0.2) is 54.2 Å². The Kier molecular flexibility index (Phi) is 6.90. The van der Waals surface area contributed by atoms with Crippen LogP contribution in [0.4, 0.5) is 0 Å². The van der Waals surface area contributed by atoms with Crippen LogP contribution in [0.1, 0.15) is 81.5 Å². The first-order valence-electron chi connectivity index (χ1n) is 16.9. The molecule has 42 heavy (non-hydrogen) atoms. The number of aromatic amines is 1. The SMILES string of the molecule is Oc1cccc2c3c([nH]c12)C(C1=CC2(O)CCC=CCCCCN4CCC1C1(CC5C=CCCCCN5C21)C4)NCC3. The fraction of sp³-hybridized carbons (Fsp3) is 0.611. The topological polar surface area (TPSA) is 74.8 Å². The number of hydrogen-bond donors (Lipinski definition) is 4. The van der Waals surface area contributed by atoms with Crippen LogP contribution in [0.2, 0.25) is 0 Å². The van der Waals surface area contributed by atoms with Gasteiger partial charge in [-0.05, 0) is 113 Å². The summed E-state index contributed by atoms with van der Waals surface area (Å²) in [5.74, 6) is 0.744. The minimum absolute atomic E-state index is 0.0155. The molecule has 6 heterocycles. The second-order valence-electron chi connectivity index (χ2n) is 14.2. The van der Waals surface area contributed by atoms with Gasteiger partial charge in [0.05, 0.1) is 23.2 Å². The van der Waals surface area contributed by atoms with Gasteiger partial charge in [0.15, 0.2) is 0 Å². The summed E-state index contributed by atoms with van der Waals surface area (Å²) in [6.07, 6.45) is 24.2. The fourth-order valence-corrected chi connectivity index (χ4v) is 10.2. The first-order chi connectivity index (χ1) is 20.6. The molecule has 8 rings (SSSR count). The summed E-state index contributed by atoms with van der Waals surface area (Å²) < 4.78 is 0. The number of phenolic OH excluding ortho intramolecular Hbond substituents is 1. The zero-order chi connectivity index (χ0) is 28.3. The molecule has 3 bridgehead atoms. The molecule has 1 aliphatic carbocycles. The van der Waals surface area contributed by atoms with Gasteiger partial charge in [0.2, 0.25) is 0 Å². The van der Waals surface area contributed by atoms with Gasteiger partial charge >= 0.3 is 0 Å². The lowest BCUT2D eigenvalue weighted by atomic mass is 9.54. The van der Waals surface area contributed by atoms with Crippen LogP contribution in [-0.2, 0) is 6.42 Å². The largest absolute Gasteiger partial charge is 0.506 e.